The molecule has 1 heterocycles. The van der Waals surface area contributed by atoms with E-state index < -0.39 is 5.97 Å². The van der Waals surface area contributed by atoms with Crippen molar-refractivity contribution in [2.24, 2.45) is 0 Å². The van der Waals surface area contributed by atoms with Crippen LogP contribution in [0, 0.1) is 0 Å². The van der Waals surface area contributed by atoms with Gasteiger partial charge in [-0.05, 0) is 0 Å². The lowest BCUT2D eigenvalue weighted by Crippen LogP contribution is -1.97. The average molecular weight is 149 g/mol. The molecule has 0 saturated carbocycles. The van der Waals surface area contributed by atoms with Gasteiger partial charge in [0.2, 0.25) is 5.82 Å². The number of rotatable bonds is 1. The fourth-order valence-electron chi connectivity index (χ4n) is 0.382. The molecule has 0 aromatic carbocycles. The standard InChI is InChI=1S/C4H4N2O2.ClH/c7-4(8)3-5-1-2-6-3;/h1-2H,(H,5,6)(H,7,8);1H. The van der Waals surface area contributed by atoms with E-state index in [1.165, 1.54) is 12.4 Å². The van der Waals surface area contributed by atoms with E-state index in [1.807, 2.05) is 0 Å². The molecule has 1 aromatic heterocycles. The van der Waals surface area contributed by atoms with E-state index in [9.17, 15) is 4.79 Å². The predicted molar refractivity (Wildman–Crippen MR) is 32.8 cm³/mol. The molecule has 0 saturated heterocycles. The molecule has 0 fully saturated rings. The quantitative estimate of drug-likeness (QED) is 0.611. The molecule has 0 amide bonds. The molecule has 0 unspecified atom stereocenters. The maximum Gasteiger partial charge on any atom is 0.371 e. The lowest BCUT2D eigenvalue weighted by atomic mass is 10.7. The molecule has 0 radical (unpaired) electrons. The van der Waals surface area contributed by atoms with Gasteiger partial charge in [0, 0.05) is 12.4 Å². The van der Waals surface area contributed by atoms with Crippen LogP contribution in [0.1, 0.15) is 10.6 Å². The van der Waals surface area contributed by atoms with Crippen LogP contribution in [0.4, 0.5) is 0 Å². The number of carbonyl (C=O) groups is 1. The van der Waals surface area contributed by atoms with Gasteiger partial charge < -0.3 is 10.1 Å². The van der Waals surface area contributed by atoms with Gasteiger partial charge in [-0.2, -0.15) is 0 Å². The zero-order chi connectivity index (χ0) is 5.98. The molecule has 0 aliphatic heterocycles. The lowest BCUT2D eigenvalue weighted by Gasteiger charge is -1.79. The third kappa shape index (κ3) is 1.73. The van der Waals surface area contributed by atoms with E-state index in [0.717, 1.165) is 0 Å². The summed E-state index contributed by atoms with van der Waals surface area (Å²) < 4.78 is 0. The molecular weight excluding hydrogens is 144 g/mol. The SMILES string of the molecule is Cl.O=C(O)c1ncc[nH]1. The Bertz CT molecular complexity index is 184. The predicted octanol–water partition coefficient (Wildman–Crippen LogP) is 0.530. The van der Waals surface area contributed by atoms with Crippen molar-refractivity contribution >= 4 is 18.4 Å². The second-order valence-electron chi connectivity index (χ2n) is 1.24. The Morgan fingerprint density at radius 3 is 2.67 bits per heavy atom. The highest BCUT2D eigenvalue weighted by molar-refractivity contribution is 5.85. The van der Waals surface area contributed by atoms with Crippen LogP contribution in [0.3, 0.4) is 0 Å². The van der Waals surface area contributed by atoms with Crippen molar-refractivity contribution in [3.05, 3.63) is 18.2 Å². The molecule has 1 aromatic rings. The molecule has 1 rings (SSSR count). The van der Waals surface area contributed by atoms with Crippen molar-refractivity contribution < 1.29 is 9.90 Å². The number of hydrogen-bond acceptors (Lipinski definition) is 2. The maximum atomic E-state index is 9.97. The van der Waals surface area contributed by atoms with Crippen LogP contribution in [0.15, 0.2) is 12.4 Å². The minimum Gasteiger partial charge on any atom is -0.475 e. The van der Waals surface area contributed by atoms with Gasteiger partial charge in [-0.15, -0.1) is 12.4 Å². The van der Waals surface area contributed by atoms with Crippen molar-refractivity contribution in [3.8, 4) is 0 Å². The van der Waals surface area contributed by atoms with Crippen LogP contribution in [0.2, 0.25) is 0 Å². The zero-order valence-electron chi connectivity index (χ0n) is 4.37. The summed E-state index contributed by atoms with van der Waals surface area (Å²) >= 11 is 0. The van der Waals surface area contributed by atoms with Gasteiger partial charge in [-0.1, -0.05) is 0 Å². The molecule has 0 aliphatic carbocycles. The van der Waals surface area contributed by atoms with Gasteiger partial charge >= 0.3 is 5.97 Å². The molecule has 4 nitrogen and oxygen atoms in total. The highest BCUT2D eigenvalue weighted by atomic mass is 35.5. The van der Waals surface area contributed by atoms with Gasteiger partial charge in [0.1, 0.15) is 0 Å². The zero-order valence-corrected chi connectivity index (χ0v) is 5.18. The first-order chi connectivity index (χ1) is 3.80. The first kappa shape index (κ1) is 7.97. The van der Waals surface area contributed by atoms with E-state index in [-0.39, 0.29) is 18.2 Å². The second-order valence-corrected chi connectivity index (χ2v) is 1.24. The summed E-state index contributed by atoms with van der Waals surface area (Å²) in [5, 5.41) is 8.18. The summed E-state index contributed by atoms with van der Waals surface area (Å²) in [4.78, 5) is 15.9. The van der Waals surface area contributed by atoms with Crippen molar-refractivity contribution in [1.29, 1.82) is 0 Å². The highest BCUT2D eigenvalue weighted by Crippen LogP contribution is 1.84. The summed E-state index contributed by atoms with van der Waals surface area (Å²) in [6.45, 7) is 0. The van der Waals surface area contributed by atoms with E-state index in [0.29, 0.717) is 0 Å². The molecule has 0 atom stereocenters. The Hall–Kier alpha value is -1.03. The van der Waals surface area contributed by atoms with Crippen LogP contribution in [-0.4, -0.2) is 21.0 Å². The number of nitrogens with one attached hydrogen (secondary N) is 1. The Kier molecular flexibility index (Phi) is 2.73. The number of aromatic amines is 1. The normalized spacial score (nSPS) is 8.00. The van der Waals surface area contributed by atoms with Crippen LogP contribution >= 0.6 is 12.4 Å². The van der Waals surface area contributed by atoms with Crippen LogP contribution in [0.25, 0.3) is 0 Å². The van der Waals surface area contributed by atoms with E-state index >= 15 is 0 Å². The summed E-state index contributed by atoms with van der Waals surface area (Å²) in [5.41, 5.74) is 0. The number of hydrogen-bond donors (Lipinski definition) is 2. The topological polar surface area (TPSA) is 66.0 Å². The Morgan fingerprint density at radius 1 is 1.78 bits per heavy atom. The van der Waals surface area contributed by atoms with Crippen molar-refractivity contribution in [2.45, 2.75) is 0 Å². The lowest BCUT2D eigenvalue weighted by molar-refractivity contribution is 0.0685. The molecule has 2 N–H and O–H groups in total. The van der Waals surface area contributed by atoms with Gasteiger partial charge in [0.05, 0.1) is 0 Å². The number of carboxylic acid groups (broad SMARTS) is 1. The van der Waals surface area contributed by atoms with Gasteiger partial charge in [-0.3, -0.25) is 0 Å². The van der Waals surface area contributed by atoms with Crippen molar-refractivity contribution in [3.63, 3.8) is 0 Å². The molecular formula is C4H5ClN2O2. The van der Waals surface area contributed by atoms with Crippen molar-refractivity contribution in [1.82, 2.24) is 9.97 Å². The third-order valence-electron chi connectivity index (χ3n) is 0.701. The van der Waals surface area contributed by atoms with Gasteiger partial charge in [-0.25, -0.2) is 9.78 Å². The summed E-state index contributed by atoms with van der Waals surface area (Å²) in [7, 11) is 0. The summed E-state index contributed by atoms with van der Waals surface area (Å²) in [6.07, 6.45) is 2.85. The van der Waals surface area contributed by atoms with Gasteiger partial charge in [0.15, 0.2) is 0 Å². The van der Waals surface area contributed by atoms with Crippen LogP contribution < -0.4 is 0 Å². The monoisotopic (exact) mass is 148 g/mol. The smallest absolute Gasteiger partial charge is 0.371 e. The largest absolute Gasteiger partial charge is 0.475 e. The van der Waals surface area contributed by atoms with E-state index in [1.54, 1.807) is 0 Å². The van der Waals surface area contributed by atoms with Crippen LogP contribution in [0.5, 0.6) is 0 Å². The molecule has 0 aliphatic rings. The third-order valence-corrected chi connectivity index (χ3v) is 0.701. The number of imidazole rings is 1. The molecule has 0 spiro atoms. The molecule has 5 heteroatoms. The summed E-state index contributed by atoms with van der Waals surface area (Å²) in [5.74, 6) is -1.06. The number of carboxylic acids is 1. The van der Waals surface area contributed by atoms with Crippen LogP contribution in [-0.2, 0) is 0 Å². The first-order valence-corrected chi connectivity index (χ1v) is 2.03. The number of nitrogens with zero attached hydrogens (tertiary/aromatic N) is 1. The first-order valence-electron chi connectivity index (χ1n) is 2.03. The van der Waals surface area contributed by atoms with Gasteiger partial charge in [0.25, 0.3) is 0 Å². The number of H-pyrrole nitrogens is 1. The highest BCUT2D eigenvalue weighted by Gasteiger charge is 2.00. The number of halogens is 1. The Balaban J connectivity index is 0.000000640. The number of aromatic carboxylic acids is 1. The Morgan fingerprint density at radius 2 is 2.44 bits per heavy atom. The second kappa shape index (κ2) is 3.09. The fourth-order valence-corrected chi connectivity index (χ4v) is 0.382. The van der Waals surface area contributed by atoms with E-state index in [4.69, 9.17) is 5.11 Å². The fraction of sp³-hybridized carbons (Fsp3) is 0. The average Bonchev–Trinajstić information content (AvgIpc) is 2.12. The minimum absolute atomic E-state index is 0. The minimum atomic E-state index is -1.03. The number of aromatic nitrogens is 2. The molecule has 0 bridgehead atoms. The maximum absolute atomic E-state index is 9.97. The molecule has 50 valence electrons. The van der Waals surface area contributed by atoms with E-state index in [2.05, 4.69) is 9.97 Å². The molecule has 9 heavy (non-hydrogen) atoms. The summed E-state index contributed by atoms with van der Waals surface area (Å²) in [6, 6.07) is 0. The Labute approximate surface area is 57.3 Å². The van der Waals surface area contributed by atoms with Crippen molar-refractivity contribution in [2.75, 3.05) is 0 Å².